The molecular weight excluding hydrogens is 585 g/mol. The van der Waals surface area contributed by atoms with Crippen molar-refractivity contribution in [3.8, 4) is 22.5 Å². The normalized spacial score (nSPS) is 13.8. The first-order valence-electron chi connectivity index (χ1n) is 16.7. The fourth-order valence-corrected chi connectivity index (χ4v) is 8.93. The number of hydrogen-bond donors (Lipinski definition) is 0. The standard InChI is InChI=1S/C45H30N2O/c1-45(2)34-20-10-6-17-30(34)39-40-31-18-7-11-21-35(31)46(27-14-4-3-5-15-27)43(40)44-41(42(39)45)32-19-8-12-22-36(32)47(44)28-24-25-38-33(26-28)29-16-9-13-23-37(29)48-38/h3-26H,1-2H3. The molecule has 3 aromatic heterocycles. The van der Waals surface area contributed by atoms with E-state index >= 15 is 0 Å². The lowest BCUT2D eigenvalue weighted by molar-refractivity contribution is 0.667. The molecule has 0 radical (unpaired) electrons. The molecule has 3 nitrogen and oxygen atoms in total. The van der Waals surface area contributed by atoms with Crippen LogP contribution in [0.2, 0.25) is 0 Å². The average Bonchev–Trinajstić information content (AvgIpc) is 3.84. The van der Waals surface area contributed by atoms with Gasteiger partial charge in [-0.25, -0.2) is 0 Å². The number of para-hydroxylation sites is 4. The quantitative estimate of drug-likeness (QED) is 0.190. The van der Waals surface area contributed by atoms with Crippen molar-refractivity contribution in [3.05, 3.63) is 157 Å². The third-order valence-corrected chi connectivity index (χ3v) is 10.9. The zero-order chi connectivity index (χ0) is 31.7. The van der Waals surface area contributed by atoms with Gasteiger partial charge in [0.15, 0.2) is 0 Å². The van der Waals surface area contributed by atoms with Crippen molar-refractivity contribution in [3.63, 3.8) is 0 Å². The fraction of sp³-hybridized carbons (Fsp3) is 0.0667. The Labute approximate surface area is 276 Å². The van der Waals surface area contributed by atoms with E-state index in [-0.39, 0.29) is 5.41 Å². The van der Waals surface area contributed by atoms with Gasteiger partial charge in [0.05, 0.1) is 22.1 Å². The molecular formula is C45H30N2O. The molecule has 48 heavy (non-hydrogen) atoms. The molecule has 0 bridgehead atoms. The van der Waals surface area contributed by atoms with Crippen LogP contribution in [0.15, 0.2) is 150 Å². The van der Waals surface area contributed by atoms with Crippen LogP contribution in [0.25, 0.3) is 88.1 Å². The van der Waals surface area contributed by atoms with Gasteiger partial charge < -0.3 is 13.6 Å². The van der Waals surface area contributed by atoms with Crippen LogP contribution < -0.4 is 0 Å². The van der Waals surface area contributed by atoms with Gasteiger partial charge in [-0.05, 0) is 70.8 Å². The monoisotopic (exact) mass is 614 g/mol. The second-order valence-electron chi connectivity index (χ2n) is 13.7. The summed E-state index contributed by atoms with van der Waals surface area (Å²) < 4.78 is 11.3. The van der Waals surface area contributed by atoms with Crippen LogP contribution >= 0.6 is 0 Å². The van der Waals surface area contributed by atoms with Crippen molar-refractivity contribution in [2.75, 3.05) is 0 Å². The number of hydrogen-bond acceptors (Lipinski definition) is 1. The maximum atomic E-state index is 6.30. The number of nitrogens with zero attached hydrogens (tertiary/aromatic N) is 2. The lowest BCUT2D eigenvalue weighted by Crippen LogP contribution is -2.15. The molecule has 3 heteroatoms. The van der Waals surface area contributed by atoms with Crippen molar-refractivity contribution in [2.24, 2.45) is 0 Å². The predicted molar refractivity (Wildman–Crippen MR) is 200 cm³/mol. The van der Waals surface area contributed by atoms with Crippen molar-refractivity contribution < 1.29 is 4.42 Å². The van der Waals surface area contributed by atoms with Crippen LogP contribution in [0.5, 0.6) is 0 Å². The SMILES string of the molecule is CC1(C)c2ccccc2-c2c1c1c3ccccc3n(-c3ccc4oc5ccccc5c4c3)c1c1c2c2ccccc2n1-c1ccccc1. The van der Waals surface area contributed by atoms with E-state index in [4.69, 9.17) is 4.42 Å². The zero-order valence-corrected chi connectivity index (χ0v) is 26.7. The summed E-state index contributed by atoms with van der Waals surface area (Å²) in [5.41, 5.74) is 14.3. The third kappa shape index (κ3) is 3.14. The summed E-state index contributed by atoms with van der Waals surface area (Å²) in [5, 5.41) is 7.45. The molecule has 1 aliphatic carbocycles. The second kappa shape index (κ2) is 9.05. The molecule has 0 aliphatic heterocycles. The van der Waals surface area contributed by atoms with Gasteiger partial charge >= 0.3 is 0 Å². The Hall–Kier alpha value is -6.06. The first-order valence-corrected chi connectivity index (χ1v) is 16.7. The van der Waals surface area contributed by atoms with Crippen LogP contribution in [-0.2, 0) is 5.41 Å². The smallest absolute Gasteiger partial charge is 0.135 e. The lowest BCUT2D eigenvalue weighted by Gasteiger charge is -2.23. The lowest BCUT2D eigenvalue weighted by atomic mass is 9.80. The maximum absolute atomic E-state index is 6.30. The second-order valence-corrected chi connectivity index (χ2v) is 13.7. The highest BCUT2D eigenvalue weighted by atomic mass is 16.3. The Morgan fingerprint density at radius 3 is 1.85 bits per heavy atom. The molecule has 0 fully saturated rings. The average molecular weight is 615 g/mol. The van der Waals surface area contributed by atoms with Gasteiger partial charge in [-0.3, -0.25) is 0 Å². The van der Waals surface area contributed by atoms with Crippen molar-refractivity contribution >= 4 is 65.6 Å². The molecule has 0 saturated heterocycles. The van der Waals surface area contributed by atoms with Gasteiger partial charge in [0.1, 0.15) is 11.2 Å². The van der Waals surface area contributed by atoms with Gasteiger partial charge in [-0.2, -0.15) is 0 Å². The van der Waals surface area contributed by atoms with E-state index in [1.165, 1.54) is 65.9 Å². The highest BCUT2D eigenvalue weighted by Crippen LogP contribution is 2.58. The molecule has 0 atom stereocenters. The Kier molecular flexibility index (Phi) is 4.91. The minimum atomic E-state index is -0.200. The van der Waals surface area contributed by atoms with Crippen LogP contribution in [0.3, 0.4) is 0 Å². The molecule has 7 aromatic carbocycles. The zero-order valence-electron chi connectivity index (χ0n) is 26.7. The van der Waals surface area contributed by atoms with E-state index in [2.05, 4.69) is 163 Å². The molecule has 0 spiro atoms. The number of aromatic nitrogens is 2. The predicted octanol–water partition coefficient (Wildman–Crippen LogP) is 12.1. The molecule has 0 saturated carbocycles. The van der Waals surface area contributed by atoms with E-state index in [0.717, 1.165) is 33.3 Å². The first kappa shape index (κ1) is 26.1. The Morgan fingerprint density at radius 1 is 0.479 bits per heavy atom. The summed E-state index contributed by atoms with van der Waals surface area (Å²) in [5.74, 6) is 0. The molecule has 3 heterocycles. The van der Waals surface area contributed by atoms with E-state index < -0.39 is 0 Å². The Bertz CT molecular complexity index is 2970. The summed E-state index contributed by atoms with van der Waals surface area (Å²) >= 11 is 0. The van der Waals surface area contributed by atoms with E-state index in [9.17, 15) is 0 Å². The van der Waals surface area contributed by atoms with E-state index in [1.54, 1.807) is 0 Å². The number of benzene rings is 7. The first-order chi connectivity index (χ1) is 23.6. The van der Waals surface area contributed by atoms with Crippen molar-refractivity contribution in [1.29, 1.82) is 0 Å². The van der Waals surface area contributed by atoms with Crippen LogP contribution in [0.1, 0.15) is 25.0 Å². The molecule has 0 unspecified atom stereocenters. The molecule has 1 aliphatic rings. The van der Waals surface area contributed by atoms with Gasteiger partial charge in [-0.15, -0.1) is 0 Å². The van der Waals surface area contributed by atoms with Crippen LogP contribution in [0.4, 0.5) is 0 Å². The minimum absolute atomic E-state index is 0.200. The topological polar surface area (TPSA) is 23.0 Å². The summed E-state index contributed by atoms with van der Waals surface area (Å²) in [6.07, 6.45) is 0. The van der Waals surface area contributed by atoms with Gasteiger partial charge in [0.2, 0.25) is 0 Å². The summed E-state index contributed by atoms with van der Waals surface area (Å²) in [6, 6.07) is 52.9. The Balaban J connectivity index is 1.45. The van der Waals surface area contributed by atoms with Gasteiger partial charge in [0, 0.05) is 49.1 Å². The molecule has 0 N–H and O–H groups in total. The molecule has 10 aromatic rings. The highest BCUT2D eigenvalue weighted by molar-refractivity contribution is 6.31. The third-order valence-electron chi connectivity index (χ3n) is 10.9. The number of fused-ring (bicyclic) bond motifs is 15. The summed E-state index contributed by atoms with van der Waals surface area (Å²) in [6.45, 7) is 4.82. The Morgan fingerprint density at radius 2 is 1.06 bits per heavy atom. The van der Waals surface area contributed by atoms with Gasteiger partial charge in [-0.1, -0.05) is 111 Å². The van der Waals surface area contributed by atoms with E-state index in [0.29, 0.717) is 0 Å². The molecule has 0 amide bonds. The number of furan rings is 1. The van der Waals surface area contributed by atoms with Gasteiger partial charge in [0.25, 0.3) is 0 Å². The van der Waals surface area contributed by atoms with Crippen LogP contribution in [0, 0.1) is 0 Å². The van der Waals surface area contributed by atoms with Crippen LogP contribution in [-0.4, -0.2) is 9.13 Å². The summed E-state index contributed by atoms with van der Waals surface area (Å²) in [7, 11) is 0. The van der Waals surface area contributed by atoms with E-state index in [1.807, 2.05) is 6.07 Å². The number of rotatable bonds is 2. The fourth-order valence-electron chi connectivity index (χ4n) is 8.93. The maximum Gasteiger partial charge on any atom is 0.135 e. The highest BCUT2D eigenvalue weighted by Gasteiger charge is 2.41. The summed E-state index contributed by atoms with van der Waals surface area (Å²) in [4.78, 5) is 0. The van der Waals surface area contributed by atoms with Crippen molar-refractivity contribution in [1.82, 2.24) is 9.13 Å². The largest absolute Gasteiger partial charge is 0.456 e. The van der Waals surface area contributed by atoms with Crippen molar-refractivity contribution in [2.45, 2.75) is 19.3 Å². The minimum Gasteiger partial charge on any atom is -0.456 e. The molecule has 11 rings (SSSR count). The molecule has 226 valence electrons.